The Morgan fingerprint density at radius 2 is 1.83 bits per heavy atom. The fourth-order valence-corrected chi connectivity index (χ4v) is 2.33. The minimum Gasteiger partial charge on any atom is -0.348 e. The maximum Gasteiger partial charge on any atom is 0.253 e. The lowest BCUT2D eigenvalue weighted by Gasteiger charge is -2.10. The number of carbonyl (C=O) groups is 1. The number of carbonyl (C=O) groups excluding carboxylic acids is 1. The molecule has 0 aliphatic heterocycles. The van der Waals surface area contributed by atoms with E-state index in [-0.39, 0.29) is 5.91 Å². The van der Waals surface area contributed by atoms with E-state index >= 15 is 0 Å². The molecule has 0 radical (unpaired) electrons. The van der Waals surface area contributed by atoms with Crippen molar-refractivity contribution >= 4 is 29.1 Å². The first kappa shape index (κ1) is 15.5. The van der Waals surface area contributed by atoms with Crippen molar-refractivity contribution in [1.29, 1.82) is 0 Å². The summed E-state index contributed by atoms with van der Waals surface area (Å²) in [4.78, 5) is 12.5. The smallest absolute Gasteiger partial charge is 0.253 e. The number of tetrazole rings is 1. The molecule has 1 heterocycles. The van der Waals surface area contributed by atoms with Gasteiger partial charge in [-0.1, -0.05) is 35.3 Å². The Bertz CT molecular complexity index is 818. The van der Waals surface area contributed by atoms with E-state index in [1.807, 2.05) is 12.1 Å². The number of halogens is 2. The van der Waals surface area contributed by atoms with E-state index in [2.05, 4.69) is 20.8 Å². The summed E-state index contributed by atoms with van der Waals surface area (Å²) in [5, 5.41) is 14.9. The van der Waals surface area contributed by atoms with Crippen molar-refractivity contribution in [3.05, 3.63) is 70.0 Å². The minimum atomic E-state index is -0.248. The number of benzene rings is 2. The Labute approximate surface area is 142 Å². The van der Waals surface area contributed by atoms with Gasteiger partial charge in [0.15, 0.2) is 0 Å². The highest BCUT2D eigenvalue weighted by Crippen LogP contribution is 2.19. The largest absolute Gasteiger partial charge is 0.348 e. The maximum atomic E-state index is 12.5. The van der Waals surface area contributed by atoms with Gasteiger partial charge in [-0.15, -0.1) is 5.10 Å². The number of hydrogen-bond acceptors (Lipinski definition) is 4. The summed E-state index contributed by atoms with van der Waals surface area (Å²) < 4.78 is 1.39. The number of hydrogen-bond donors (Lipinski definition) is 1. The number of rotatable bonds is 4. The third-order valence-corrected chi connectivity index (χ3v) is 3.65. The summed E-state index contributed by atoms with van der Waals surface area (Å²) in [5.74, 6) is -0.248. The van der Waals surface area contributed by atoms with Crippen LogP contribution in [0.15, 0.2) is 48.8 Å². The highest BCUT2D eigenvalue weighted by Gasteiger charge is 2.14. The highest BCUT2D eigenvalue weighted by atomic mass is 35.5. The molecule has 0 atom stereocenters. The van der Waals surface area contributed by atoms with Gasteiger partial charge in [0.25, 0.3) is 5.91 Å². The van der Waals surface area contributed by atoms with Gasteiger partial charge in [-0.2, -0.15) is 4.68 Å². The first-order chi connectivity index (χ1) is 11.1. The Balaban J connectivity index is 1.81. The molecule has 0 aliphatic carbocycles. The molecule has 3 rings (SSSR count). The van der Waals surface area contributed by atoms with Crippen LogP contribution in [0.5, 0.6) is 0 Å². The molecule has 8 heteroatoms. The molecule has 23 heavy (non-hydrogen) atoms. The van der Waals surface area contributed by atoms with Gasteiger partial charge < -0.3 is 5.32 Å². The molecular weight excluding hydrogens is 337 g/mol. The van der Waals surface area contributed by atoms with Gasteiger partial charge in [-0.3, -0.25) is 4.79 Å². The van der Waals surface area contributed by atoms with Crippen LogP contribution < -0.4 is 5.32 Å². The van der Waals surface area contributed by atoms with Gasteiger partial charge in [0.2, 0.25) is 0 Å². The predicted molar refractivity (Wildman–Crippen MR) is 86.8 cm³/mol. The Kier molecular flexibility index (Phi) is 4.55. The third kappa shape index (κ3) is 3.67. The maximum absolute atomic E-state index is 12.5. The van der Waals surface area contributed by atoms with Gasteiger partial charge >= 0.3 is 0 Å². The average molecular weight is 348 g/mol. The van der Waals surface area contributed by atoms with Crippen molar-refractivity contribution in [3.8, 4) is 5.69 Å². The first-order valence-corrected chi connectivity index (χ1v) is 7.44. The predicted octanol–water partition coefficient (Wildman–Crippen LogP) is 2.90. The number of nitrogens with one attached hydrogen (secondary N) is 1. The summed E-state index contributed by atoms with van der Waals surface area (Å²) in [7, 11) is 0. The fraction of sp³-hybridized carbons (Fsp3) is 0.0667. The van der Waals surface area contributed by atoms with E-state index in [9.17, 15) is 4.79 Å². The number of amides is 1. The summed E-state index contributed by atoms with van der Waals surface area (Å²) >= 11 is 11.8. The van der Waals surface area contributed by atoms with Gasteiger partial charge in [0.1, 0.15) is 6.33 Å². The van der Waals surface area contributed by atoms with Gasteiger partial charge in [-0.25, -0.2) is 0 Å². The zero-order chi connectivity index (χ0) is 16.2. The standard InChI is InChI=1S/C15H11Cl2N5O/c16-11-3-1-10(2-4-11)8-18-15(23)13-6-5-12(17)7-14(13)22-9-19-20-21-22/h1-7,9H,8H2,(H,18,23). The van der Waals surface area contributed by atoms with E-state index in [1.54, 1.807) is 30.3 Å². The van der Waals surface area contributed by atoms with Crippen LogP contribution >= 0.6 is 23.2 Å². The second kappa shape index (κ2) is 6.76. The molecule has 0 unspecified atom stereocenters. The zero-order valence-corrected chi connectivity index (χ0v) is 13.3. The lowest BCUT2D eigenvalue weighted by atomic mass is 10.1. The van der Waals surface area contributed by atoms with E-state index in [0.717, 1.165) is 5.56 Å². The Hall–Kier alpha value is -2.44. The lowest BCUT2D eigenvalue weighted by molar-refractivity contribution is 0.0951. The van der Waals surface area contributed by atoms with E-state index < -0.39 is 0 Å². The van der Waals surface area contributed by atoms with Crippen molar-refractivity contribution in [2.24, 2.45) is 0 Å². The quantitative estimate of drug-likeness (QED) is 0.787. The molecule has 0 saturated heterocycles. The van der Waals surface area contributed by atoms with Gasteiger partial charge in [0.05, 0.1) is 11.3 Å². The average Bonchev–Trinajstić information content (AvgIpc) is 3.08. The van der Waals surface area contributed by atoms with Gasteiger partial charge in [0, 0.05) is 16.6 Å². The molecular formula is C15H11Cl2N5O. The van der Waals surface area contributed by atoms with Gasteiger partial charge in [-0.05, 0) is 46.3 Å². The topological polar surface area (TPSA) is 72.7 Å². The van der Waals surface area contributed by atoms with Crippen LogP contribution in [0.4, 0.5) is 0 Å². The molecule has 116 valence electrons. The molecule has 0 bridgehead atoms. The van der Waals surface area contributed by atoms with Crippen LogP contribution in [0.25, 0.3) is 5.69 Å². The second-order valence-electron chi connectivity index (χ2n) is 4.73. The molecule has 1 aromatic heterocycles. The summed E-state index contributed by atoms with van der Waals surface area (Å²) in [5.41, 5.74) is 1.88. The van der Waals surface area contributed by atoms with Crippen molar-refractivity contribution in [1.82, 2.24) is 25.5 Å². The molecule has 6 nitrogen and oxygen atoms in total. The molecule has 0 spiro atoms. The molecule has 3 aromatic rings. The van der Waals surface area contributed by atoms with Crippen LogP contribution in [0.1, 0.15) is 15.9 Å². The summed E-state index contributed by atoms with van der Waals surface area (Å²) in [6.45, 7) is 0.383. The first-order valence-electron chi connectivity index (χ1n) is 6.69. The van der Waals surface area contributed by atoms with Crippen molar-refractivity contribution in [2.75, 3.05) is 0 Å². The van der Waals surface area contributed by atoms with E-state index in [0.29, 0.717) is 27.8 Å². The zero-order valence-electron chi connectivity index (χ0n) is 11.8. The van der Waals surface area contributed by atoms with E-state index in [4.69, 9.17) is 23.2 Å². The van der Waals surface area contributed by atoms with Crippen LogP contribution in [-0.4, -0.2) is 26.1 Å². The normalized spacial score (nSPS) is 10.5. The molecule has 0 saturated carbocycles. The Morgan fingerprint density at radius 1 is 1.09 bits per heavy atom. The molecule has 1 amide bonds. The monoisotopic (exact) mass is 347 g/mol. The lowest BCUT2D eigenvalue weighted by Crippen LogP contribution is -2.24. The SMILES string of the molecule is O=C(NCc1ccc(Cl)cc1)c1ccc(Cl)cc1-n1cnnn1. The number of nitrogens with zero attached hydrogens (tertiary/aromatic N) is 4. The molecule has 1 N–H and O–H groups in total. The fourth-order valence-electron chi connectivity index (χ4n) is 2.04. The van der Waals surface area contributed by atoms with Crippen LogP contribution in [-0.2, 0) is 6.54 Å². The molecule has 0 aliphatic rings. The Morgan fingerprint density at radius 3 is 2.52 bits per heavy atom. The molecule has 2 aromatic carbocycles. The number of aromatic nitrogens is 4. The van der Waals surface area contributed by atoms with Crippen LogP contribution in [0.2, 0.25) is 10.0 Å². The summed E-state index contributed by atoms with van der Waals surface area (Å²) in [6, 6.07) is 12.2. The van der Waals surface area contributed by atoms with Crippen molar-refractivity contribution in [2.45, 2.75) is 6.54 Å². The minimum absolute atomic E-state index is 0.248. The van der Waals surface area contributed by atoms with Crippen molar-refractivity contribution < 1.29 is 4.79 Å². The van der Waals surface area contributed by atoms with Crippen LogP contribution in [0.3, 0.4) is 0 Å². The van der Waals surface area contributed by atoms with Crippen molar-refractivity contribution in [3.63, 3.8) is 0 Å². The second-order valence-corrected chi connectivity index (χ2v) is 5.60. The third-order valence-electron chi connectivity index (χ3n) is 3.17. The van der Waals surface area contributed by atoms with E-state index in [1.165, 1.54) is 11.0 Å². The molecule has 0 fully saturated rings. The summed E-state index contributed by atoms with van der Waals surface area (Å²) in [6.07, 6.45) is 1.40. The van der Waals surface area contributed by atoms with Crippen LogP contribution in [0, 0.1) is 0 Å². The highest BCUT2D eigenvalue weighted by molar-refractivity contribution is 6.31.